The molecule has 1 atom stereocenters. The van der Waals surface area contributed by atoms with Crippen LogP contribution >= 0.6 is 23.2 Å². The number of aliphatic carboxylic acids is 1. The number of benzene rings is 2. The molecular weight excluding hydrogens is 475 g/mol. The number of nitrogens with one attached hydrogen (secondary N) is 1. The number of carboxylic acid groups (broad SMARTS) is 1. The Bertz CT molecular complexity index is 1200. The lowest BCUT2D eigenvalue weighted by molar-refractivity contribution is -0.136. The fraction of sp³-hybridized carbons (Fsp3) is 0.200. The highest BCUT2D eigenvalue weighted by Crippen LogP contribution is 2.34. The number of hydrazone groups is 1. The van der Waals surface area contributed by atoms with Crippen LogP contribution < -0.4 is 5.32 Å². The lowest BCUT2D eigenvalue weighted by Crippen LogP contribution is -2.26. The molecule has 0 saturated carbocycles. The number of pyridine rings is 1. The van der Waals surface area contributed by atoms with E-state index in [4.69, 9.17) is 33.4 Å². The molecule has 2 heterocycles. The van der Waals surface area contributed by atoms with Crippen molar-refractivity contribution >= 4 is 40.8 Å². The first-order chi connectivity index (χ1) is 16.4. The fourth-order valence-corrected chi connectivity index (χ4v) is 4.29. The maximum atomic E-state index is 12.2. The molecule has 174 valence electrons. The van der Waals surface area contributed by atoms with Gasteiger partial charge in [0, 0.05) is 40.3 Å². The van der Waals surface area contributed by atoms with E-state index < -0.39 is 5.97 Å². The number of halogens is 2. The lowest BCUT2D eigenvalue weighted by atomic mass is 10.0. The highest BCUT2D eigenvalue weighted by Gasteiger charge is 2.30. The molecule has 0 fully saturated rings. The van der Waals surface area contributed by atoms with Crippen molar-refractivity contribution in [2.45, 2.75) is 25.4 Å². The summed E-state index contributed by atoms with van der Waals surface area (Å²) in [7, 11) is 0. The third-order valence-electron chi connectivity index (χ3n) is 5.41. The normalized spacial score (nSPS) is 15.2. The minimum absolute atomic E-state index is 0.0621. The van der Waals surface area contributed by atoms with Gasteiger partial charge in [-0.1, -0.05) is 41.4 Å². The highest BCUT2D eigenvalue weighted by atomic mass is 35.5. The van der Waals surface area contributed by atoms with Crippen LogP contribution in [0.5, 0.6) is 0 Å². The van der Waals surface area contributed by atoms with Gasteiger partial charge in [-0.05, 0) is 48.0 Å². The van der Waals surface area contributed by atoms with Crippen molar-refractivity contribution in [1.82, 2.24) is 15.3 Å². The van der Waals surface area contributed by atoms with E-state index in [0.717, 1.165) is 22.5 Å². The van der Waals surface area contributed by atoms with Crippen molar-refractivity contribution in [3.05, 3.63) is 99.3 Å². The Balaban J connectivity index is 1.53. The number of carboxylic acids is 1. The molecule has 3 aromatic rings. The first kappa shape index (κ1) is 23.7. The van der Waals surface area contributed by atoms with Gasteiger partial charge < -0.3 is 10.4 Å². The second-order valence-electron chi connectivity index (χ2n) is 7.87. The quantitative estimate of drug-likeness (QED) is 0.460. The first-order valence-corrected chi connectivity index (χ1v) is 11.4. The molecule has 0 radical (unpaired) electrons. The van der Waals surface area contributed by atoms with Gasteiger partial charge in [0.15, 0.2) is 0 Å². The monoisotopic (exact) mass is 496 g/mol. The van der Waals surface area contributed by atoms with Gasteiger partial charge in [-0.15, -0.1) is 0 Å². The molecule has 1 aromatic heterocycles. The predicted octanol–water partition coefficient (Wildman–Crippen LogP) is 4.94. The van der Waals surface area contributed by atoms with Crippen LogP contribution in [0.4, 0.5) is 0 Å². The Kier molecular flexibility index (Phi) is 7.45. The van der Waals surface area contributed by atoms with Crippen molar-refractivity contribution < 1.29 is 14.7 Å². The van der Waals surface area contributed by atoms with Crippen LogP contribution in [0.3, 0.4) is 0 Å². The number of carbonyl (C=O) groups is 2. The van der Waals surface area contributed by atoms with Crippen LogP contribution in [0.15, 0.2) is 72.0 Å². The van der Waals surface area contributed by atoms with Crippen molar-refractivity contribution in [1.29, 1.82) is 0 Å². The average Bonchev–Trinajstić information content (AvgIpc) is 3.23. The molecule has 2 N–H and O–H groups in total. The second kappa shape index (κ2) is 10.7. The summed E-state index contributed by atoms with van der Waals surface area (Å²) >= 11 is 12.4. The molecule has 0 aliphatic carbocycles. The summed E-state index contributed by atoms with van der Waals surface area (Å²) in [5.74, 6) is -1.26. The Morgan fingerprint density at radius 3 is 2.44 bits per heavy atom. The summed E-state index contributed by atoms with van der Waals surface area (Å²) in [6.45, 7) is 0.598. The van der Waals surface area contributed by atoms with E-state index in [9.17, 15) is 9.59 Å². The maximum absolute atomic E-state index is 12.2. The SMILES string of the molecule is O=C(O)CCNC(=O)c1ccc(CN2N=C(c3cc(Cl)cc(Cl)c3)CC2c2ccccn2)cc1. The van der Waals surface area contributed by atoms with Gasteiger partial charge in [0.2, 0.25) is 0 Å². The van der Waals surface area contributed by atoms with Gasteiger partial charge in [-0.2, -0.15) is 5.10 Å². The molecule has 0 saturated heterocycles. The van der Waals surface area contributed by atoms with E-state index in [1.54, 1.807) is 24.4 Å². The number of hydrogen-bond donors (Lipinski definition) is 2. The van der Waals surface area contributed by atoms with Crippen LogP contribution in [0.2, 0.25) is 10.0 Å². The Morgan fingerprint density at radius 1 is 1.06 bits per heavy atom. The summed E-state index contributed by atoms with van der Waals surface area (Å²) in [6.07, 6.45) is 2.29. The zero-order chi connectivity index (χ0) is 24.1. The van der Waals surface area contributed by atoms with Gasteiger partial charge in [0.05, 0.1) is 30.4 Å². The van der Waals surface area contributed by atoms with Crippen LogP contribution in [-0.4, -0.2) is 39.2 Å². The van der Waals surface area contributed by atoms with Gasteiger partial charge >= 0.3 is 5.97 Å². The number of nitrogens with zero attached hydrogens (tertiary/aromatic N) is 3. The maximum Gasteiger partial charge on any atom is 0.305 e. The lowest BCUT2D eigenvalue weighted by Gasteiger charge is -2.23. The smallest absolute Gasteiger partial charge is 0.305 e. The Hall–Kier alpha value is -3.42. The van der Waals surface area contributed by atoms with Crippen molar-refractivity contribution in [2.24, 2.45) is 5.10 Å². The van der Waals surface area contributed by atoms with E-state index in [1.807, 2.05) is 47.5 Å². The molecule has 1 amide bonds. The van der Waals surface area contributed by atoms with Gasteiger partial charge in [-0.25, -0.2) is 0 Å². The largest absolute Gasteiger partial charge is 0.481 e. The molecule has 34 heavy (non-hydrogen) atoms. The first-order valence-electron chi connectivity index (χ1n) is 10.7. The van der Waals surface area contributed by atoms with Crippen LogP contribution in [0.25, 0.3) is 0 Å². The van der Waals surface area contributed by atoms with Gasteiger partial charge in [0.1, 0.15) is 0 Å². The van der Waals surface area contributed by atoms with E-state index in [-0.39, 0.29) is 24.9 Å². The number of aromatic nitrogens is 1. The summed E-state index contributed by atoms with van der Waals surface area (Å²) in [5.41, 5.74) is 4.08. The molecule has 1 aliphatic rings. The molecule has 4 rings (SSSR count). The Labute approximate surface area is 207 Å². The van der Waals surface area contributed by atoms with E-state index >= 15 is 0 Å². The molecule has 0 bridgehead atoms. The molecule has 2 aromatic carbocycles. The summed E-state index contributed by atoms with van der Waals surface area (Å²) < 4.78 is 0. The summed E-state index contributed by atoms with van der Waals surface area (Å²) in [6, 6.07) is 18.3. The average molecular weight is 497 g/mol. The minimum Gasteiger partial charge on any atom is -0.481 e. The third kappa shape index (κ3) is 5.92. The van der Waals surface area contributed by atoms with Crippen LogP contribution in [0, 0.1) is 0 Å². The zero-order valence-electron chi connectivity index (χ0n) is 18.1. The highest BCUT2D eigenvalue weighted by molar-refractivity contribution is 6.35. The van der Waals surface area contributed by atoms with Gasteiger partial charge in [-0.3, -0.25) is 19.6 Å². The molecule has 0 spiro atoms. The van der Waals surface area contributed by atoms with Crippen molar-refractivity contribution in [3.63, 3.8) is 0 Å². The molecule has 7 nitrogen and oxygen atoms in total. The third-order valence-corrected chi connectivity index (χ3v) is 5.84. The zero-order valence-corrected chi connectivity index (χ0v) is 19.6. The summed E-state index contributed by atoms with van der Waals surface area (Å²) in [4.78, 5) is 27.4. The number of hydrogen-bond acceptors (Lipinski definition) is 5. The molecule has 1 aliphatic heterocycles. The molecular formula is C25H22Cl2N4O3. The topological polar surface area (TPSA) is 94.9 Å². The van der Waals surface area contributed by atoms with E-state index in [0.29, 0.717) is 28.6 Å². The van der Waals surface area contributed by atoms with Crippen LogP contribution in [-0.2, 0) is 11.3 Å². The predicted molar refractivity (Wildman–Crippen MR) is 131 cm³/mol. The Morgan fingerprint density at radius 2 is 1.79 bits per heavy atom. The van der Waals surface area contributed by atoms with Gasteiger partial charge in [0.25, 0.3) is 5.91 Å². The minimum atomic E-state index is -0.955. The number of carbonyl (C=O) groups excluding carboxylic acids is 1. The van der Waals surface area contributed by atoms with Crippen LogP contribution in [0.1, 0.15) is 46.1 Å². The standard InChI is InChI=1S/C25H22Cl2N4O3/c26-19-11-18(12-20(27)13-19)22-14-23(21-3-1-2-9-28-21)31(30-22)15-16-4-6-17(7-5-16)25(34)29-10-8-24(32)33/h1-7,9,11-13,23H,8,10,14-15H2,(H,29,34)(H,32,33). The van der Waals surface area contributed by atoms with E-state index in [1.165, 1.54) is 0 Å². The molecule has 1 unspecified atom stereocenters. The number of amides is 1. The van der Waals surface area contributed by atoms with E-state index in [2.05, 4.69) is 10.3 Å². The summed E-state index contributed by atoms with van der Waals surface area (Å²) in [5, 5.41) is 19.3. The second-order valence-corrected chi connectivity index (χ2v) is 8.75. The van der Waals surface area contributed by atoms with Crippen molar-refractivity contribution in [3.8, 4) is 0 Å². The number of rotatable bonds is 8. The molecule has 9 heteroatoms. The van der Waals surface area contributed by atoms with Crippen molar-refractivity contribution in [2.75, 3.05) is 6.54 Å². The fourth-order valence-electron chi connectivity index (χ4n) is 3.76.